The normalized spacial score (nSPS) is 15.9. The van der Waals surface area contributed by atoms with E-state index in [2.05, 4.69) is 37.1 Å². The summed E-state index contributed by atoms with van der Waals surface area (Å²) in [7, 11) is 0. The third kappa shape index (κ3) is 4.21. The van der Waals surface area contributed by atoms with Gasteiger partial charge in [0.05, 0.1) is 16.8 Å². The third-order valence-electron chi connectivity index (χ3n) is 3.95. The molecule has 0 amide bonds. The maximum absolute atomic E-state index is 5.80. The molecule has 0 aliphatic carbocycles. The molecule has 0 aromatic carbocycles. The number of piperazine rings is 1. The minimum Gasteiger partial charge on any atom is -0.472 e. The molecule has 0 atom stereocenters. The van der Waals surface area contributed by atoms with Crippen molar-refractivity contribution in [2.45, 2.75) is 39.8 Å². The van der Waals surface area contributed by atoms with Gasteiger partial charge in [0.1, 0.15) is 0 Å². The Kier molecular flexibility index (Phi) is 5.63. The van der Waals surface area contributed by atoms with Crippen LogP contribution in [-0.4, -0.2) is 52.1 Å². The highest BCUT2D eigenvalue weighted by atomic mass is 32.1. The molecule has 0 radical (unpaired) electrons. The lowest BCUT2D eigenvalue weighted by molar-refractivity contribution is 0.226. The maximum Gasteiger partial charge on any atom is 0.257 e. The minimum absolute atomic E-state index is 0.0964. The van der Waals surface area contributed by atoms with Crippen LogP contribution in [0.1, 0.15) is 31.5 Å². The van der Waals surface area contributed by atoms with Gasteiger partial charge in [-0.15, -0.1) is 11.3 Å². The second-order valence-corrected chi connectivity index (χ2v) is 7.14. The first-order chi connectivity index (χ1) is 11.7. The van der Waals surface area contributed by atoms with Crippen molar-refractivity contribution in [3.8, 4) is 5.88 Å². The van der Waals surface area contributed by atoms with Crippen LogP contribution in [0.2, 0.25) is 0 Å². The summed E-state index contributed by atoms with van der Waals surface area (Å²) < 4.78 is 5.80. The Balaban J connectivity index is 1.59. The van der Waals surface area contributed by atoms with E-state index < -0.39 is 0 Å². The quantitative estimate of drug-likeness (QED) is 0.801. The topological polar surface area (TPSA) is 54.4 Å². The van der Waals surface area contributed by atoms with Gasteiger partial charge in [0.15, 0.2) is 5.82 Å². The molecule has 7 heteroatoms. The van der Waals surface area contributed by atoms with Gasteiger partial charge in [0, 0.05) is 50.5 Å². The summed E-state index contributed by atoms with van der Waals surface area (Å²) in [5.74, 6) is 1.49. The highest BCUT2D eigenvalue weighted by Crippen LogP contribution is 2.25. The van der Waals surface area contributed by atoms with E-state index in [9.17, 15) is 0 Å². The fraction of sp³-hybridized carbons (Fsp3) is 0.588. The van der Waals surface area contributed by atoms with Crippen LogP contribution in [0, 0.1) is 0 Å². The average molecular weight is 347 g/mol. The number of aryl methyl sites for hydroxylation is 1. The molecule has 1 saturated heterocycles. The van der Waals surface area contributed by atoms with Crippen molar-refractivity contribution in [1.82, 2.24) is 19.9 Å². The van der Waals surface area contributed by atoms with Crippen molar-refractivity contribution in [3.63, 3.8) is 0 Å². The molecule has 3 heterocycles. The Bertz CT molecular complexity index is 652. The fourth-order valence-corrected chi connectivity index (χ4v) is 3.51. The average Bonchev–Trinajstić information content (AvgIpc) is 3.03. The van der Waals surface area contributed by atoms with Gasteiger partial charge in [-0.05, 0) is 20.3 Å². The number of hydrogen-bond acceptors (Lipinski definition) is 7. The molecule has 0 saturated carbocycles. The molecule has 0 N–H and O–H groups in total. The van der Waals surface area contributed by atoms with Crippen molar-refractivity contribution in [1.29, 1.82) is 0 Å². The number of aromatic nitrogens is 3. The summed E-state index contributed by atoms with van der Waals surface area (Å²) in [5.41, 5.74) is 1.19. The second-order valence-electron chi connectivity index (χ2n) is 6.20. The molecular formula is C17H25N5OS. The number of nitrogens with zero attached hydrogens (tertiary/aromatic N) is 5. The summed E-state index contributed by atoms with van der Waals surface area (Å²) in [6, 6.07) is 0. The molecule has 130 valence electrons. The molecule has 0 unspecified atom stereocenters. The molecular weight excluding hydrogens is 322 g/mol. The standard InChI is InChI=1S/C17H25N5OS/c1-4-15-20-14(12-24-15)11-21-7-9-22(10-8-21)16-17(23-13(2)3)19-6-5-18-16/h5-6,12-13H,4,7-11H2,1-3H3. The fourth-order valence-electron chi connectivity index (χ4n) is 2.77. The molecule has 3 rings (SSSR count). The zero-order valence-electron chi connectivity index (χ0n) is 14.6. The molecule has 24 heavy (non-hydrogen) atoms. The highest BCUT2D eigenvalue weighted by molar-refractivity contribution is 7.09. The molecule has 2 aromatic rings. The van der Waals surface area contributed by atoms with E-state index in [0.717, 1.165) is 45.0 Å². The SMILES string of the molecule is CCc1nc(CN2CCN(c3nccnc3OC(C)C)CC2)cs1. The lowest BCUT2D eigenvalue weighted by Crippen LogP contribution is -2.46. The molecule has 0 spiro atoms. The van der Waals surface area contributed by atoms with Gasteiger partial charge in [0.25, 0.3) is 5.88 Å². The Labute approximate surface area is 147 Å². The number of hydrogen-bond donors (Lipinski definition) is 0. The van der Waals surface area contributed by atoms with Crippen LogP contribution in [-0.2, 0) is 13.0 Å². The molecule has 6 nitrogen and oxygen atoms in total. The summed E-state index contributed by atoms with van der Waals surface area (Å²) in [6.07, 6.45) is 4.53. The zero-order valence-corrected chi connectivity index (χ0v) is 15.4. The van der Waals surface area contributed by atoms with Crippen molar-refractivity contribution in [2.75, 3.05) is 31.1 Å². The highest BCUT2D eigenvalue weighted by Gasteiger charge is 2.22. The third-order valence-corrected chi connectivity index (χ3v) is 5.00. The van der Waals surface area contributed by atoms with Gasteiger partial charge in [-0.25, -0.2) is 15.0 Å². The maximum atomic E-state index is 5.80. The predicted octanol–water partition coefficient (Wildman–Crippen LogP) is 2.60. The van der Waals surface area contributed by atoms with E-state index in [1.807, 2.05) is 13.8 Å². The number of ether oxygens (including phenoxy) is 1. The lowest BCUT2D eigenvalue weighted by Gasteiger charge is -2.35. The molecule has 1 aliphatic heterocycles. The Morgan fingerprint density at radius 2 is 1.92 bits per heavy atom. The van der Waals surface area contributed by atoms with Crippen LogP contribution in [0.5, 0.6) is 5.88 Å². The summed E-state index contributed by atoms with van der Waals surface area (Å²) in [5, 5.41) is 3.40. The molecule has 2 aromatic heterocycles. The van der Waals surface area contributed by atoms with Gasteiger partial charge >= 0.3 is 0 Å². The molecule has 1 aliphatic rings. The van der Waals surface area contributed by atoms with E-state index in [0.29, 0.717) is 5.88 Å². The predicted molar refractivity (Wildman–Crippen MR) is 96.8 cm³/mol. The smallest absolute Gasteiger partial charge is 0.257 e. The van der Waals surface area contributed by atoms with Crippen LogP contribution in [0.3, 0.4) is 0 Å². The van der Waals surface area contributed by atoms with Crippen LogP contribution < -0.4 is 9.64 Å². The van der Waals surface area contributed by atoms with E-state index in [1.54, 1.807) is 23.7 Å². The number of rotatable bonds is 6. The van der Waals surface area contributed by atoms with Crippen molar-refractivity contribution in [2.24, 2.45) is 0 Å². The first-order valence-electron chi connectivity index (χ1n) is 8.54. The van der Waals surface area contributed by atoms with Crippen LogP contribution in [0.25, 0.3) is 0 Å². The van der Waals surface area contributed by atoms with Gasteiger partial charge in [-0.1, -0.05) is 6.92 Å². The second kappa shape index (κ2) is 7.90. The van der Waals surface area contributed by atoms with E-state index in [-0.39, 0.29) is 6.10 Å². The van der Waals surface area contributed by atoms with Crippen LogP contribution in [0.4, 0.5) is 5.82 Å². The van der Waals surface area contributed by atoms with Gasteiger partial charge < -0.3 is 9.64 Å². The summed E-state index contributed by atoms with van der Waals surface area (Å²) in [4.78, 5) is 18.2. The summed E-state index contributed by atoms with van der Waals surface area (Å²) in [6.45, 7) is 11.0. The minimum atomic E-state index is 0.0964. The Hall–Kier alpha value is -1.73. The molecule has 0 bridgehead atoms. The van der Waals surface area contributed by atoms with Crippen molar-refractivity contribution in [3.05, 3.63) is 28.5 Å². The number of anilines is 1. The van der Waals surface area contributed by atoms with E-state index >= 15 is 0 Å². The van der Waals surface area contributed by atoms with Crippen LogP contribution in [0.15, 0.2) is 17.8 Å². The Morgan fingerprint density at radius 3 is 2.58 bits per heavy atom. The van der Waals surface area contributed by atoms with Crippen molar-refractivity contribution >= 4 is 17.2 Å². The largest absolute Gasteiger partial charge is 0.472 e. The van der Waals surface area contributed by atoms with E-state index in [1.165, 1.54) is 10.7 Å². The summed E-state index contributed by atoms with van der Waals surface area (Å²) >= 11 is 1.76. The Morgan fingerprint density at radius 1 is 1.17 bits per heavy atom. The monoisotopic (exact) mass is 347 g/mol. The lowest BCUT2D eigenvalue weighted by atomic mass is 10.3. The first-order valence-corrected chi connectivity index (χ1v) is 9.42. The van der Waals surface area contributed by atoms with Crippen molar-refractivity contribution < 1.29 is 4.74 Å². The van der Waals surface area contributed by atoms with Crippen LogP contribution >= 0.6 is 11.3 Å². The van der Waals surface area contributed by atoms with Gasteiger partial charge in [-0.2, -0.15) is 0 Å². The van der Waals surface area contributed by atoms with E-state index in [4.69, 9.17) is 4.74 Å². The van der Waals surface area contributed by atoms with Gasteiger partial charge in [0.2, 0.25) is 0 Å². The van der Waals surface area contributed by atoms with Gasteiger partial charge in [-0.3, -0.25) is 4.90 Å². The zero-order chi connectivity index (χ0) is 16.9. The number of thiazole rings is 1. The first kappa shape index (κ1) is 17.1. The molecule has 1 fully saturated rings.